The molecule has 27 heavy (non-hydrogen) atoms. The summed E-state index contributed by atoms with van der Waals surface area (Å²) in [5.74, 6) is -0.244. The molecule has 2 aliphatic rings. The highest BCUT2D eigenvalue weighted by atomic mass is 35.5. The fraction of sp³-hybridized carbons (Fsp3) is 0.150. The number of nitrogens with zero attached hydrogens (tertiary/aromatic N) is 4. The van der Waals surface area contributed by atoms with E-state index in [9.17, 15) is 9.90 Å². The second-order valence-corrected chi connectivity index (χ2v) is 6.67. The number of fused-ring (bicyclic) bond motifs is 1. The Hall–Kier alpha value is -3.12. The second-order valence-electron chi connectivity index (χ2n) is 6.28. The topological polar surface area (TPSA) is 69.6 Å². The molecule has 3 heterocycles. The van der Waals surface area contributed by atoms with Crippen molar-refractivity contribution >= 4 is 17.5 Å². The number of rotatable bonds is 2. The SMILES string of the molecule is O=C(c1cc(Cl)ncn1)N1C=CC(O)=C(N2CCc3ccccc3C2)C=C1. The third-order valence-electron chi connectivity index (χ3n) is 4.61. The number of benzene rings is 1. The molecule has 0 bridgehead atoms. The van der Waals surface area contributed by atoms with E-state index in [0.717, 1.165) is 13.0 Å². The van der Waals surface area contributed by atoms with E-state index in [-0.39, 0.29) is 22.5 Å². The number of hydrogen-bond acceptors (Lipinski definition) is 5. The van der Waals surface area contributed by atoms with Gasteiger partial charge in [-0.15, -0.1) is 0 Å². The normalized spacial score (nSPS) is 16.3. The molecule has 0 fully saturated rings. The minimum absolute atomic E-state index is 0.113. The summed E-state index contributed by atoms with van der Waals surface area (Å²) in [7, 11) is 0. The van der Waals surface area contributed by atoms with Gasteiger partial charge in [0.15, 0.2) is 0 Å². The first-order chi connectivity index (χ1) is 13.1. The predicted octanol–water partition coefficient (Wildman–Crippen LogP) is 3.44. The molecule has 1 aromatic carbocycles. The van der Waals surface area contributed by atoms with E-state index in [1.54, 1.807) is 12.3 Å². The van der Waals surface area contributed by atoms with Crippen LogP contribution in [0.25, 0.3) is 0 Å². The standard InChI is InChI=1S/C20H17ClN4O2/c21-19-11-16(22-13-23-19)20(27)24-9-6-17(18(26)7-10-24)25-8-5-14-3-1-2-4-15(14)12-25/h1-4,6-7,9-11,13,26H,5,8,12H2. The molecule has 0 unspecified atom stereocenters. The zero-order chi connectivity index (χ0) is 18.8. The fourth-order valence-electron chi connectivity index (χ4n) is 3.21. The van der Waals surface area contributed by atoms with Crippen LogP contribution >= 0.6 is 11.6 Å². The van der Waals surface area contributed by atoms with E-state index in [0.29, 0.717) is 12.2 Å². The summed E-state index contributed by atoms with van der Waals surface area (Å²) in [4.78, 5) is 23.8. The Morgan fingerprint density at radius 2 is 1.89 bits per heavy atom. The largest absolute Gasteiger partial charge is 0.506 e. The van der Waals surface area contributed by atoms with Crippen molar-refractivity contribution in [3.63, 3.8) is 0 Å². The highest BCUT2D eigenvalue weighted by Gasteiger charge is 2.21. The lowest BCUT2D eigenvalue weighted by molar-refractivity contribution is 0.0864. The number of aliphatic hydroxyl groups is 1. The number of allylic oxidation sites excluding steroid dienone is 2. The zero-order valence-electron chi connectivity index (χ0n) is 14.4. The van der Waals surface area contributed by atoms with Crippen molar-refractivity contribution in [2.24, 2.45) is 0 Å². The molecule has 2 aromatic rings. The van der Waals surface area contributed by atoms with Crippen LogP contribution in [-0.2, 0) is 13.0 Å². The van der Waals surface area contributed by atoms with E-state index < -0.39 is 0 Å². The maximum absolute atomic E-state index is 12.6. The molecule has 0 spiro atoms. The maximum Gasteiger partial charge on any atom is 0.280 e. The monoisotopic (exact) mass is 380 g/mol. The molecule has 136 valence electrons. The lowest BCUT2D eigenvalue weighted by Crippen LogP contribution is -2.30. The minimum atomic E-state index is -0.357. The second kappa shape index (κ2) is 7.25. The smallest absolute Gasteiger partial charge is 0.280 e. The van der Waals surface area contributed by atoms with Gasteiger partial charge in [-0.3, -0.25) is 9.69 Å². The number of hydrogen-bond donors (Lipinski definition) is 1. The molecule has 7 heteroatoms. The van der Waals surface area contributed by atoms with Crippen molar-refractivity contribution < 1.29 is 9.90 Å². The summed E-state index contributed by atoms with van der Waals surface area (Å²) in [5, 5.41) is 10.7. The minimum Gasteiger partial charge on any atom is -0.506 e. The molecule has 1 amide bonds. The number of halogens is 1. The maximum atomic E-state index is 12.6. The van der Waals surface area contributed by atoms with Gasteiger partial charge in [0, 0.05) is 31.6 Å². The van der Waals surface area contributed by atoms with Crippen LogP contribution in [0.4, 0.5) is 0 Å². The first-order valence-corrected chi connectivity index (χ1v) is 8.91. The van der Waals surface area contributed by atoms with Gasteiger partial charge in [0.1, 0.15) is 22.9 Å². The lowest BCUT2D eigenvalue weighted by Gasteiger charge is -2.31. The molecular formula is C20H17ClN4O2. The van der Waals surface area contributed by atoms with E-state index in [1.807, 2.05) is 12.1 Å². The Kier molecular flexibility index (Phi) is 4.64. The van der Waals surface area contributed by atoms with Gasteiger partial charge in [-0.25, -0.2) is 9.97 Å². The highest BCUT2D eigenvalue weighted by Crippen LogP contribution is 2.25. The molecule has 6 nitrogen and oxygen atoms in total. The summed E-state index contributed by atoms with van der Waals surface area (Å²) >= 11 is 5.84. The predicted molar refractivity (Wildman–Crippen MR) is 102 cm³/mol. The van der Waals surface area contributed by atoms with E-state index in [1.165, 1.54) is 40.7 Å². The fourth-order valence-corrected chi connectivity index (χ4v) is 3.36. The Morgan fingerprint density at radius 1 is 1.11 bits per heavy atom. The number of aromatic nitrogens is 2. The quantitative estimate of drug-likeness (QED) is 0.808. The average Bonchev–Trinajstić information content (AvgIpc) is 2.89. The third-order valence-corrected chi connectivity index (χ3v) is 4.81. The zero-order valence-corrected chi connectivity index (χ0v) is 15.2. The summed E-state index contributed by atoms with van der Waals surface area (Å²) in [6.45, 7) is 1.51. The van der Waals surface area contributed by atoms with Gasteiger partial charge in [0.25, 0.3) is 5.91 Å². The van der Waals surface area contributed by atoms with Crippen LogP contribution in [0.15, 0.2) is 72.7 Å². The van der Waals surface area contributed by atoms with Gasteiger partial charge in [-0.1, -0.05) is 35.9 Å². The summed E-state index contributed by atoms with van der Waals surface area (Å²) < 4.78 is 0. The van der Waals surface area contributed by atoms with Gasteiger partial charge in [-0.2, -0.15) is 0 Å². The van der Waals surface area contributed by atoms with Gasteiger partial charge in [0.05, 0.1) is 5.70 Å². The Labute approximate surface area is 161 Å². The Morgan fingerprint density at radius 3 is 2.70 bits per heavy atom. The van der Waals surface area contributed by atoms with E-state index >= 15 is 0 Å². The van der Waals surface area contributed by atoms with Crippen molar-refractivity contribution in [2.75, 3.05) is 6.54 Å². The average molecular weight is 381 g/mol. The molecular weight excluding hydrogens is 364 g/mol. The molecule has 0 saturated heterocycles. The van der Waals surface area contributed by atoms with Crippen LogP contribution in [0.2, 0.25) is 5.15 Å². The van der Waals surface area contributed by atoms with Crippen molar-refractivity contribution in [1.82, 2.24) is 19.8 Å². The molecule has 0 atom stereocenters. The van der Waals surface area contributed by atoms with Gasteiger partial charge >= 0.3 is 0 Å². The molecule has 0 aliphatic carbocycles. The van der Waals surface area contributed by atoms with Gasteiger partial charge in [0.2, 0.25) is 0 Å². The van der Waals surface area contributed by atoms with Crippen LogP contribution in [0.5, 0.6) is 0 Å². The molecule has 0 radical (unpaired) electrons. The Balaban J connectivity index is 1.56. The van der Waals surface area contributed by atoms with Crippen LogP contribution in [-0.4, -0.2) is 37.3 Å². The van der Waals surface area contributed by atoms with Gasteiger partial charge < -0.3 is 10.0 Å². The first-order valence-electron chi connectivity index (χ1n) is 8.53. The molecule has 0 saturated carbocycles. The highest BCUT2D eigenvalue weighted by molar-refractivity contribution is 6.29. The summed E-state index contributed by atoms with van der Waals surface area (Å²) in [5.41, 5.74) is 3.43. The van der Waals surface area contributed by atoms with Crippen molar-refractivity contribution in [2.45, 2.75) is 13.0 Å². The molecule has 1 aromatic heterocycles. The Bertz CT molecular complexity index is 983. The van der Waals surface area contributed by atoms with Crippen LogP contribution in [0.3, 0.4) is 0 Å². The number of aliphatic hydroxyl groups excluding tert-OH is 1. The summed E-state index contributed by atoms with van der Waals surface area (Å²) in [6.07, 6.45) is 8.53. The van der Waals surface area contributed by atoms with E-state index in [2.05, 4.69) is 27.0 Å². The summed E-state index contributed by atoms with van der Waals surface area (Å²) in [6, 6.07) is 9.71. The first kappa shape index (κ1) is 17.3. The van der Waals surface area contributed by atoms with Crippen LogP contribution in [0, 0.1) is 0 Å². The number of amides is 1. The number of carbonyl (C=O) groups is 1. The van der Waals surface area contributed by atoms with Crippen LogP contribution in [0.1, 0.15) is 21.6 Å². The third kappa shape index (κ3) is 3.57. The lowest BCUT2D eigenvalue weighted by atomic mass is 9.99. The van der Waals surface area contributed by atoms with Crippen molar-refractivity contribution in [3.05, 3.63) is 94.6 Å². The molecule has 4 rings (SSSR count). The van der Waals surface area contributed by atoms with E-state index in [4.69, 9.17) is 11.6 Å². The van der Waals surface area contributed by atoms with Crippen molar-refractivity contribution in [3.8, 4) is 0 Å². The van der Waals surface area contributed by atoms with Crippen molar-refractivity contribution in [1.29, 1.82) is 0 Å². The molecule has 1 N–H and O–H groups in total. The van der Waals surface area contributed by atoms with Gasteiger partial charge in [-0.05, 0) is 29.7 Å². The van der Waals surface area contributed by atoms with Crippen LogP contribution < -0.4 is 0 Å². The number of carbonyl (C=O) groups excluding carboxylic acids is 1. The molecule has 2 aliphatic heterocycles.